The van der Waals surface area contributed by atoms with E-state index in [0.29, 0.717) is 17.9 Å². The zero-order valence-electron chi connectivity index (χ0n) is 14.0. The molecule has 0 saturated heterocycles. The zero-order chi connectivity index (χ0) is 17.1. The van der Waals surface area contributed by atoms with Gasteiger partial charge in [-0.2, -0.15) is 5.26 Å². The molecule has 2 aromatic carbocycles. The number of imidazole rings is 1. The summed E-state index contributed by atoms with van der Waals surface area (Å²) >= 11 is 0. The van der Waals surface area contributed by atoms with E-state index in [4.69, 9.17) is 9.47 Å². The highest BCUT2D eigenvalue weighted by molar-refractivity contribution is 5.76. The Labute approximate surface area is 141 Å². The van der Waals surface area contributed by atoms with Gasteiger partial charge in [0, 0.05) is 7.05 Å². The first-order chi connectivity index (χ1) is 11.7. The first kappa shape index (κ1) is 15.9. The molecule has 24 heavy (non-hydrogen) atoms. The Bertz CT molecular complexity index is 909. The quantitative estimate of drug-likeness (QED) is 0.722. The monoisotopic (exact) mass is 321 g/mol. The molecule has 0 bridgehead atoms. The number of ether oxygens (including phenoxy) is 2. The van der Waals surface area contributed by atoms with Crippen molar-refractivity contribution in [2.75, 3.05) is 14.2 Å². The van der Waals surface area contributed by atoms with E-state index in [2.05, 4.69) is 11.1 Å². The van der Waals surface area contributed by atoms with E-state index >= 15 is 0 Å². The van der Waals surface area contributed by atoms with Crippen molar-refractivity contribution in [1.82, 2.24) is 9.55 Å². The van der Waals surface area contributed by atoms with Gasteiger partial charge >= 0.3 is 0 Å². The van der Waals surface area contributed by atoms with Crippen LogP contribution in [0.25, 0.3) is 11.0 Å². The fourth-order valence-corrected chi connectivity index (χ4v) is 2.91. The van der Waals surface area contributed by atoms with Crippen LogP contribution in [0.3, 0.4) is 0 Å². The van der Waals surface area contributed by atoms with Crippen LogP contribution in [0.5, 0.6) is 11.5 Å². The number of hydrogen-bond acceptors (Lipinski definition) is 4. The third-order valence-electron chi connectivity index (χ3n) is 4.18. The van der Waals surface area contributed by atoms with Gasteiger partial charge in [-0.3, -0.25) is 0 Å². The number of para-hydroxylation sites is 2. The molecular weight excluding hydrogens is 302 g/mol. The van der Waals surface area contributed by atoms with Crippen LogP contribution in [-0.2, 0) is 13.5 Å². The summed E-state index contributed by atoms with van der Waals surface area (Å²) in [5.41, 5.74) is 2.94. The summed E-state index contributed by atoms with van der Waals surface area (Å²) in [6.45, 7) is 0. The SMILES string of the molecule is COc1ccc(CC(C#N)c2nc3ccccc3n2C)cc1OC. The van der Waals surface area contributed by atoms with Crippen molar-refractivity contribution in [2.45, 2.75) is 12.3 Å². The summed E-state index contributed by atoms with van der Waals surface area (Å²) in [4.78, 5) is 4.64. The molecule has 0 aliphatic heterocycles. The fourth-order valence-electron chi connectivity index (χ4n) is 2.91. The van der Waals surface area contributed by atoms with Crippen molar-refractivity contribution in [3.63, 3.8) is 0 Å². The van der Waals surface area contributed by atoms with Crippen LogP contribution in [0.2, 0.25) is 0 Å². The minimum Gasteiger partial charge on any atom is -0.493 e. The predicted molar refractivity (Wildman–Crippen MR) is 92.3 cm³/mol. The van der Waals surface area contributed by atoms with Gasteiger partial charge in [-0.1, -0.05) is 18.2 Å². The minimum absolute atomic E-state index is 0.333. The average Bonchev–Trinajstić information content (AvgIpc) is 2.96. The minimum atomic E-state index is -0.333. The molecule has 0 N–H and O–H groups in total. The second-order valence-electron chi connectivity index (χ2n) is 5.59. The molecular formula is C19H19N3O2. The molecule has 1 unspecified atom stereocenters. The molecule has 5 heteroatoms. The Morgan fingerprint density at radius 1 is 1.12 bits per heavy atom. The Morgan fingerprint density at radius 2 is 1.88 bits per heavy atom. The van der Waals surface area contributed by atoms with Gasteiger partial charge in [-0.15, -0.1) is 0 Å². The van der Waals surface area contributed by atoms with Crippen molar-refractivity contribution >= 4 is 11.0 Å². The highest BCUT2D eigenvalue weighted by atomic mass is 16.5. The largest absolute Gasteiger partial charge is 0.493 e. The smallest absolute Gasteiger partial charge is 0.160 e. The predicted octanol–water partition coefficient (Wildman–Crippen LogP) is 3.44. The fraction of sp³-hybridized carbons (Fsp3) is 0.263. The van der Waals surface area contributed by atoms with Crippen molar-refractivity contribution < 1.29 is 9.47 Å². The van der Waals surface area contributed by atoms with Gasteiger partial charge in [0.05, 0.1) is 31.3 Å². The molecule has 3 rings (SSSR count). The van der Waals surface area contributed by atoms with Gasteiger partial charge in [-0.25, -0.2) is 4.98 Å². The molecule has 0 fully saturated rings. The average molecular weight is 321 g/mol. The maximum absolute atomic E-state index is 9.66. The van der Waals surface area contributed by atoms with Crippen LogP contribution in [-0.4, -0.2) is 23.8 Å². The molecule has 0 aliphatic carbocycles. The number of methoxy groups -OCH3 is 2. The highest BCUT2D eigenvalue weighted by Gasteiger charge is 2.19. The molecule has 122 valence electrons. The first-order valence-corrected chi connectivity index (χ1v) is 7.69. The molecule has 0 spiro atoms. The number of fused-ring (bicyclic) bond motifs is 1. The lowest BCUT2D eigenvalue weighted by molar-refractivity contribution is 0.354. The maximum Gasteiger partial charge on any atom is 0.160 e. The normalized spacial score (nSPS) is 11.9. The molecule has 3 aromatic rings. The van der Waals surface area contributed by atoms with E-state index in [1.54, 1.807) is 14.2 Å². The molecule has 0 amide bonds. The van der Waals surface area contributed by atoms with Crippen molar-refractivity contribution in [3.05, 3.63) is 53.9 Å². The molecule has 1 heterocycles. The summed E-state index contributed by atoms with van der Waals surface area (Å²) in [6, 6.07) is 16.0. The van der Waals surface area contributed by atoms with Crippen LogP contribution in [0.1, 0.15) is 17.3 Å². The van der Waals surface area contributed by atoms with Crippen LogP contribution in [0.4, 0.5) is 0 Å². The van der Waals surface area contributed by atoms with Gasteiger partial charge < -0.3 is 14.0 Å². The molecule has 0 saturated carbocycles. The lowest BCUT2D eigenvalue weighted by Crippen LogP contribution is -2.08. The number of rotatable bonds is 5. The third kappa shape index (κ3) is 2.79. The summed E-state index contributed by atoms with van der Waals surface area (Å²) in [5.74, 6) is 1.78. The van der Waals surface area contributed by atoms with Crippen molar-refractivity contribution in [3.8, 4) is 17.6 Å². The Hall–Kier alpha value is -3.00. The molecule has 1 aromatic heterocycles. The highest BCUT2D eigenvalue weighted by Crippen LogP contribution is 2.30. The number of nitrogens with zero attached hydrogens (tertiary/aromatic N) is 3. The topological polar surface area (TPSA) is 60.1 Å². The van der Waals surface area contributed by atoms with Crippen molar-refractivity contribution in [2.24, 2.45) is 7.05 Å². The van der Waals surface area contributed by atoms with Gasteiger partial charge in [0.15, 0.2) is 11.5 Å². The Kier molecular flexibility index (Phi) is 4.39. The van der Waals surface area contributed by atoms with Gasteiger partial charge in [0.25, 0.3) is 0 Å². The lowest BCUT2D eigenvalue weighted by Gasteiger charge is -2.12. The summed E-state index contributed by atoms with van der Waals surface area (Å²) in [7, 11) is 5.16. The van der Waals surface area contributed by atoms with E-state index < -0.39 is 0 Å². The van der Waals surface area contributed by atoms with Gasteiger partial charge in [-0.05, 0) is 36.2 Å². The van der Waals surface area contributed by atoms with Crippen molar-refractivity contribution in [1.29, 1.82) is 5.26 Å². The lowest BCUT2D eigenvalue weighted by atomic mass is 9.99. The van der Waals surface area contributed by atoms with Gasteiger partial charge in [0.2, 0.25) is 0 Å². The van der Waals surface area contributed by atoms with Crippen LogP contribution < -0.4 is 9.47 Å². The summed E-state index contributed by atoms with van der Waals surface area (Å²) in [6.07, 6.45) is 0.564. The van der Waals surface area contributed by atoms with E-state index in [-0.39, 0.29) is 5.92 Å². The number of benzene rings is 2. The van der Waals surface area contributed by atoms with Crippen LogP contribution >= 0.6 is 0 Å². The van der Waals surface area contributed by atoms with E-state index in [1.807, 2.05) is 54.1 Å². The Balaban J connectivity index is 1.95. The number of aromatic nitrogens is 2. The number of nitriles is 1. The van der Waals surface area contributed by atoms with E-state index in [9.17, 15) is 5.26 Å². The zero-order valence-corrected chi connectivity index (χ0v) is 14.0. The first-order valence-electron chi connectivity index (χ1n) is 7.69. The second kappa shape index (κ2) is 6.63. The Morgan fingerprint density at radius 3 is 2.54 bits per heavy atom. The third-order valence-corrected chi connectivity index (χ3v) is 4.18. The maximum atomic E-state index is 9.66. The standard InChI is InChI=1S/C19H19N3O2/c1-22-16-7-5-4-6-15(16)21-19(22)14(12-20)10-13-8-9-17(23-2)18(11-13)24-3/h4-9,11,14H,10H2,1-3H3. The number of aryl methyl sites for hydroxylation is 1. The summed E-state index contributed by atoms with van der Waals surface area (Å²) < 4.78 is 12.6. The van der Waals surface area contributed by atoms with Crippen LogP contribution in [0.15, 0.2) is 42.5 Å². The second-order valence-corrected chi connectivity index (χ2v) is 5.59. The summed E-state index contributed by atoms with van der Waals surface area (Å²) in [5, 5.41) is 9.66. The van der Waals surface area contributed by atoms with E-state index in [1.165, 1.54) is 0 Å². The van der Waals surface area contributed by atoms with Crippen LogP contribution in [0, 0.1) is 11.3 Å². The van der Waals surface area contributed by atoms with Gasteiger partial charge in [0.1, 0.15) is 11.7 Å². The number of hydrogen-bond donors (Lipinski definition) is 0. The molecule has 5 nitrogen and oxygen atoms in total. The van der Waals surface area contributed by atoms with E-state index in [0.717, 1.165) is 22.4 Å². The molecule has 1 atom stereocenters. The molecule has 0 aliphatic rings. The molecule has 0 radical (unpaired) electrons.